The number of benzene rings is 4. The summed E-state index contributed by atoms with van der Waals surface area (Å²) in [4.78, 5) is 29.5. The lowest BCUT2D eigenvalue weighted by Crippen LogP contribution is -2.53. The number of carbonyl (C=O) groups excluding carboxylic acids is 2. The molecule has 0 aliphatic rings. The third-order valence-corrected chi connectivity index (χ3v) is 10.0. The lowest BCUT2D eigenvalue weighted by molar-refractivity contribution is -0.140. The molecule has 47 heavy (non-hydrogen) atoms. The van der Waals surface area contributed by atoms with E-state index in [0.29, 0.717) is 22.9 Å². The topological polar surface area (TPSA) is 96.0 Å². The fourth-order valence-electron chi connectivity index (χ4n) is 4.91. The van der Waals surface area contributed by atoms with E-state index in [1.165, 1.54) is 48.4 Å². The van der Waals surface area contributed by atoms with Gasteiger partial charge in [0.1, 0.15) is 24.2 Å². The van der Waals surface area contributed by atoms with E-state index in [2.05, 4.69) is 5.32 Å². The van der Waals surface area contributed by atoms with Crippen LogP contribution in [-0.2, 0) is 32.6 Å². The van der Waals surface area contributed by atoms with Crippen LogP contribution in [0.2, 0.25) is 10.0 Å². The third-order valence-electron chi connectivity index (χ3n) is 7.48. The van der Waals surface area contributed by atoms with E-state index in [-0.39, 0.29) is 34.5 Å². The first-order valence-corrected chi connectivity index (χ1v) is 17.2. The average Bonchev–Trinajstić information content (AvgIpc) is 3.07. The molecule has 0 aliphatic heterocycles. The van der Waals surface area contributed by atoms with Gasteiger partial charge in [-0.25, -0.2) is 12.8 Å². The van der Waals surface area contributed by atoms with Crippen molar-refractivity contribution < 1.29 is 27.1 Å². The zero-order chi connectivity index (χ0) is 34.0. The van der Waals surface area contributed by atoms with Gasteiger partial charge in [-0.1, -0.05) is 72.9 Å². The van der Waals surface area contributed by atoms with Crippen LogP contribution in [0.3, 0.4) is 0 Å². The SMILES string of the molecule is CCCCNC(=O)C(Cc1ccccc1)N(Cc1ccc(Cl)c(Cl)c1)C(=O)CN(c1ccc(F)cc1)S(=O)(=O)c1ccc(OC)cc1. The van der Waals surface area contributed by atoms with Crippen LogP contribution in [0.5, 0.6) is 5.75 Å². The standard InChI is InChI=1S/C35H36Cl2FN3O5S/c1-3-4-20-39-35(43)33(22-25-8-6-5-7-9-25)40(23-26-10-19-31(36)32(37)21-26)34(42)24-41(28-13-11-27(38)12-14-28)47(44,45)30-17-15-29(46-2)16-18-30/h5-19,21,33H,3-4,20,22-24H2,1-2H3,(H,39,43). The predicted octanol–water partition coefficient (Wildman–Crippen LogP) is 6.89. The first-order valence-electron chi connectivity index (χ1n) is 15.0. The van der Waals surface area contributed by atoms with E-state index in [4.69, 9.17) is 27.9 Å². The van der Waals surface area contributed by atoms with Crippen LogP contribution >= 0.6 is 23.2 Å². The molecule has 4 aromatic rings. The molecular weight excluding hydrogens is 664 g/mol. The number of nitrogens with one attached hydrogen (secondary N) is 1. The molecule has 8 nitrogen and oxygen atoms in total. The summed E-state index contributed by atoms with van der Waals surface area (Å²) in [5, 5.41) is 3.52. The minimum Gasteiger partial charge on any atom is -0.497 e. The molecule has 1 atom stereocenters. The molecule has 248 valence electrons. The maximum absolute atomic E-state index is 14.5. The number of methoxy groups -OCH3 is 1. The number of unbranched alkanes of at least 4 members (excludes halogenated alkanes) is 1. The highest BCUT2D eigenvalue weighted by Crippen LogP contribution is 2.28. The number of ether oxygens (including phenoxy) is 1. The zero-order valence-corrected chi connectivity index (χ0v) is 28.4. The number of rotatable bonds is 15. The molecule has 4 aromatic carbocycles. The van der Waals surface area contributed by atoms with Crippen LogP contribution in [0.1, 0.15) is 30.9 Å². The van der Waals surface area contributed by atoms with Gasteiger partial charge in [-0.15, -0.1) is 0 Å². The van der Waals surface area contributed by atoms with Crippen LogP contribution in [0.25, 0.3) is 0 Å². The van der Waals surface area contributed by atoms with E-state index in [0.717, 1.165) is 34.8 Å². The van der Waals surface area contributed by atoms with Crippen LogP contribution in [0.4, 0.5) is 10.1 Å². The first kappa shape index (κ1) is 35.7. The number of hydrogen-bond donors (Lipinski definition) is 1. The highest BCUT2D eigenvalue weighted by atomic mass is 35.5. The largest absolute Gasteiger partial charge is 0.497 e. The minimum absolute atomic E-state index is 0.0667. The van der Waals surface area contributed by atoms with Crippen molar-refractivity contribution in [1.82, 2.24) is 10.2 Å². The van der Waals surface area contributed by atoms with Crippen LogP contribution in [0, 0.1) is 5.82 Å². The molecule has 1 unspecified atom stereocenters. The molecular formula is C35H36Cl2FN3O5S. The fraction of sp³-hybridized carbons (Fsp3) is 0.257. The number of sulfonamides is 1. The molecule has 1 N–H and O–H groups in total. The van der Waals surface area contributed by atoms with Crippen molar-refractivity contribution in [3.05, 3.63) is 124 Å². The van der Waals surface area contributed by atoms with Gasteiger partial charge in [0, 0.05) is 19.5 Å². The van der Waals surface area contributed by atoms with Crippen molar-refractivity contribution in [2.24, 2.45) is 0 Å². The third kappa shape index (κ3) is 9.47. The van der Waals surface area contributed by atoms with Gasteiger partial charge in [0.25, 0.3) is 10.0 Å². The highest BCUT2D eigenvalue weighted by molar-refractivity contribution is 7.92. The molecule has 0 bridgehead atoms. The molecule has 0 spiro atoms. The Balaban J connectivity index is 1.80. The van der Waals surface area contributed by atoms with Crippen molar-refractivity contribution in [2.45, 2.75) is 43.7 Å². The second-order valence-electron chi connectivity index (χ2n) is 10.8. The Morgan fingerprint density at radius 2 is 1.57 bits per heavy atom. The Hall–Kier alpha value is -4.12. The second kappa shape index (κ2) is 16.6. The summed E-state index contributed by atoms with van der Waals surface area (Å²) in [5.74, 6) is -1.18. The lowest BCUT2D eigenvalue weighted by Gasteiger charge is -2.34. The van der Waals surface area contributed by atoms with Crippen molar-refractivity contribution >= 4 is 50.7 Å². The molecule has 2 amide bonds. The summed E-state index contributed by atoms with van der Waals surface area (Å²) in [6.45, 7) is 1.65. The lowest BCUT2D eigenvalue weighted by atomic mass is 10.0. The minimum atomic E-state index is -4.36. The Morgan fingerprint density at radius 1 is 0.894 bits per heavy atom. The van der Waals surface area contributed by atoms with Gasteiger partial charge >= 0.3 is 0 Å². The summed E-state index contributed by atoms with van der Waals surface area (Å²) in [7, 11) is -2.90. The molecule has 0 heterocycles. The first-order chi connectivity index (χ1) is 22.5. The van der Waals surface area contributed by atoms with Gasteiger partial charge in [0.2, 0.25) is 11.8 Å². The quantitative estimate of drug-likeness (QED) is 0.136. The molecule has 0 saturated heterocycles. The summed E-state index contributed by atoms with van der Waals surface area (Å²) < 4.78 is 48.2. The Kier molecular flexibility index (Phi) is 12.6. The van der Waals surface area contributed by atoms with Crippen molar-refractivity contribution in [3.8, 4) is 5.75 Å². The van der Waals surface area contributed by atoms with Gasteiger partial charge < -0.3 is 15.0 Å². The molecule has 0 fully saturated rings. The Labute approximate surface area is 285 Å². The molecule has 0 aromatic heterocycles. The molecule has 12 heteroatoms. The number of halogens is 3. The zero-order valence-electron chi connectivity index (χ0n) is 26.0. The summed E-state index contributed by atoms with van der Waals surface area (Å²) in [5.41, 5.74) is 1.45. The number of carbonyl (C=O) groups is 2. The van der Waals surface area contributed by atoms with E-state index in [1.54, 1.807) is 18.2 Å². The normalized spacial score (nSPS) is 11.9. The molecule has 0 radical (unpaired) electrons. The van der Waals surface area contributed by atoms with E-state index in [9.17, 15) is 22.4 Å². The smallest absolute Gasteiger partial charge is 0.264 e. The van der Waals surface area contributed by atoms with E-state index >= 15 is 0 Å². The monoisotopic (exact) mass is 699 g/mol. The van der Waals surface area contributed by atoms with Crippen molar-refractivity contribution in [3.63, 3.8) is 0 Å². The van der Waals surface area contributed by atoms with Crippen molar-refractivity contribution in [1.29, 1.82) is 0 Å². The summed E-state index contributed by atoms with van der Waals surface area (Å²) in [6.07, 6.45) is 1.75. The van der Waals surface area contributed by atoms with Crippen molar-refractivity contribution in [2.75, 3.05) is 24.5 Å². The average molecular weight is 701 g/mol. The predicted molar refractivity (Wildman–Crippen MR) is 183 cm³/mol. The van der Waals surface area contributed by atoms with E-state index in [1.807, 2.05) is 37.3 Å². The van der Waals surface area contributed by atoms with Gasteiger partial charge in [-0.3, -0.25) is 13.9 Å². The van der Waals surface area contributed by atoms with Crippen LogP contribution in [0.15, 0.2) is 102 Å². The maximum Gasteiger partial charge on any atom is 0.264 e. The van der Waals surface area contributed by atoms with Gasteiger partial charge in [-0.05, 0) is 78.2 Å². The van der Waals surface area contributed by atoms with Crippen LogP contribution < -0.4 is 14.4 Å². The molecule has 0 saturated carbocycles. The highest BCUT2D eigenvalue weighted by Gasteiger charge is 2.34. The van der Waals surface area contributed by atoms with E-state index < -0.39 is 34.3 Å². The summed E-state index contributed by atoms with van der Waals surface area (Å²) in [6, 6.07) is 23.6. The molecule has 0 aliphatic carbocycles. The Bertz CT molecular complexity index is 1760. The maximum atomic E-state index is 14.5. The second-order valence-corrected chi connectivity index (χ2v) is 13.5. The number of hydrogen-bond acceptors (Lipinski definition) is 5. The number of nitrogens with zero attached hydrogens (tertiary/aromatic N) is 2. The molecule has 4 rings (SSSR count). The van der Waals surface area contributed by atoms with Gasteiger partial charge in [0.15, 0.2) is 0 Å². The number of amides is 2. The van der Waals surface area contributed by atoms with Gasteiger partial charge in [-0.2, -0.15) is 0 Å². The Morgan fingerprint density at radius 3 is 2.19 bits per heavy atom. The van der Waals surface area contributed by atoms with Crippen LogP contribution in [-0.4, -0.2) is 51.4 Å². The number of anilines is 1. The summed E-state index contributed by atoms with van der Waals surface area (Å²) >= 11 is 12.5. The van der Waals surface area contributed by atoms with Gasteiger partial charge in [0.05, 0.1) is 27.7 Å². The fourth-order valence-corrected chi connectivity index (χ4v) is 6.64.